The lowest BCUT2D eigenvalue weighted by molar-refractivity contribution is -0.175. The van der Waals surface area contributed by atoms with Crippen LogP contribution in [0.4, 0.5) is 5.82 Å². The summed E-state index contributed by atoms with van der Waals surface area (Å²) in [5.74, 6) is 0.170. The molecule has 0 radical (unpaired) electrons. The van der Waals surface area contributed by atoms with Crippen LogP contribution in [-0.4, -0.2) is 46.0 Å². The van der Waals surface area contributed by atoms with Crippen LogP contribution in [0.1, 0.15) is 25.1 Å². The summed E-state index contributed by atoms with van der Waals surface area (Å²) in [5, 5.41) is 0. The van der Waals surface area contributed by atoms with Crippen LogP contribution in [0.25, 0.3) is 0 Å². The Hall–Kier alpha value is -0.870. The number of nitrogens with zero attached hydrogens (tertiary/aromatic N) is 2. The number of fused-ring (bicyclic) bond motifs is 2. The van der Waals surface area contributed by atoms with Crippen molar-refractivity contribution in [2.24, 2.45) is 0 Å². The van der Waals surface area contributed by atoms with Gasteiger partial charge in [-0.25, -0.2) is 4.79 Å². The van der Waals surface area contributed by atoms with Crippen LogP contribution in [0.3, 0.4) is 0 Å². The van der Waals surface area contributed by atoms with Crippen molar-refractivity contribution >= 4 is 24.3 Å². The molecule has 11 heteroatoms. The molecule has 0 spiro atoms. The topological polar surface area (TPSA) is 118 Å². The zero-order valence-electron chi connectivity index (χ0n) is 13.5. The maximum absolute atomic E-state index is 12.2. The first-order chi connectivity index (χ1) is 11.2. The van der Waals surface area contributed by atoms with E-state index in [-0.39, 0.29) is 12.4 Å². The van der Waals surface area contributed by atoms with Crippen LogP contribution >= 0.6 is 6.72 Å². The van der Waals surface area contributed by atoms with E-state index in [1.54, 1.807) is 13.1 Å². The van der Waals surface area contributed by atoms with E-state index in [0.717, 1.165) is 0 Å². The van der Waals surface area contributed by atoms with Crippen molar-refractivity contribution in [2.75, 3.05) is 19.5 Å². The molecule has 3 N–H and O–H groups in total. The van der Waals surface area contributed by atoms with Crippen molar-refractivity contribution in [1.82, 2.24) is 9.55 Å². The minimum absolute atomic E-state index is 0.170. The van der Waals surface area contributed by atoms with Crippen LogP contribution in [0.2, 0.25) is 0 Å². The third-order valence-electron chi connectivity index (χ3n) is 4.50. The lowest BCUT2D eigenvalue weighted by Gasteiger charge is -2.31. The molecular weight excluding hydrogens is 357 g/mol. The number of anilines is 1. The Balaban J connectivity index is 1.98. The highest BCUT2D eigenvalue weighted by atomic mass is 32.5. The van der Waals surface area contributed by atoms with E-state index in [4.69, 9.17) is 36.1 Å². The Morgan fingerprint density at radius 3 is 3.00 bits per heavy atom. The van der Waals surface area contributed by atoms with Crippen LogP contribution in [0.15, 0.2) is 11.0 Å². The maximum Gasteiger partial charge on any atom is 0.351 e. The van der Waals surface area contributed by atoms with E-state index in [1.807, 2.05) is 6.92 Å². The SMILES string of the molecule is CC[C@@]12CO[C@@H](C1OP(O)(=S)OC)[C@H](n1cc(C)c(N)nc1=O)O2. The van der Waals surface area contributed by atoms with Gasteiger partial charge in [0, 0.05) is 18.9 Å². The number of ether oxygens (including phenoxy) is 2. The number of aromatic nitrogens is 2. The molecule has 1 aromatic heterocycles. The fraction of sp³-hybridized carbons (Fsp3) is 0.692. The molecule has 24 heavy (non-hydrogen) atoms. The van der Waals surface area contributed by atoms with Crippen molar-refractivity contribution < 1.29 is 23.4 Å². The van der Waals surface area contributed by atoms with Gasteiger partial charge in [-0.05, 0) is 25.2 Å². The molecule has 1 aromatic rings. The number of rotatable bonds is 5. The van der Waals surface area contributed by atoms with Crippen molar-refractivity contribution in [1.29, 1.82) is 0 Å². The van der Waals surface area contributed by atoms with Gasteiger partial charge in [-0.15, -0.1) is 0 Å². The second-order valence-corrected chi connectivity index (χ2v) is 8.78. The van der Waals surface area contributed by atoms with Crippen LogP contribution < -0.4 is 11.4 Å². The van der Waals surface area contributed by atoms with Gasteiger partial charge < -0.3 is 24.6 Å². The highest BCUT2D eigenvalue weighted by molar-refractivity contribution is 8.07. The summed E-state index contributed by atoms with van der Waals surface area (Å²) in [6, 6.07) is 0. The van der Waals surface area contributed by atoms with Gasteiger partial charge in [-0.3, -0.25) is 9.09 Å². The summed E-state index contributed by atoms with van der Waals surface area (Å²) in [6.07, 6.45) is 0.130. The highest BCUT2D eigenvalue weighted by Crippen LogP contribution is 2.55. The summed E-state index contributed by atoms with van der Waals surface area (Å²) in [6.45, 7) is 0.527. The number of hydrogen-bond donors (Lipinski definition) is 2. The summed E-state index contributed by atoms with van der Waals surface area (Å²) in [4.78, 5) is 26.0. The van der Waals surface area contributed by atoms with Gasteiger partial charge in [-0.2, -0.15) is 4.98 Å². The molecule has 9 nitrogen and oxygen atoms in total. The van der Waals surface area contributed by atoms with Crippen LogP contribution in [-0.2, 0) is 30.3 Å². The van der Waals surface area contributed by atoms with Gasteiger partial charge >= 0.3 is 12.4 Å². The summed E-state index contributed by atoms with van der Waals surface area (Å²) < 4.78 is 23.7. The highest BCUT2D eigenvalue weighted by Gasteiger charge is 2.63. The molecule has 0 amide bonds. The van der Waals surface area contributed by atoms with Crippen LogP contribution in [0.5, 0.6) is 0 Å². The Morgan fingerprint density at radius 1 is 1.67 bits per heavy atom. The van der Waals surface area contributed by atoms with Crippen LogP contribution in [0, 0.1) is 6.92 Å². The van der Waals surface area contributed by atoms with E-state index in [1.165, 1.54) is 11.7 Å². The summed E-state index contributed by atoms with van der Waals surface area (Å²) in [7, 11) is 1.28. The van der Waals surface area contributed by atoms with E-state index < -0.39 is 36.4 Å². The van der Waals surface area contributed by atoms with E-state index in [2.05, 4.69) is 4.98 Å². The fourth-order valence-corrected chi connectivity index (χ4v) is 4.02. The Bertz CT molecular complexity index is 758. The first kappa shape index (κ1) is 17.9. The minimum atomic E-state index is -3.41. The number of nitrogen functional groups attached to an aromatic ring is 1. The smallest absolute Gasteiger partial charge is 0.351 e. The number of hydrogen-bond acceptors (Lipinski definition) is 8. The molecular formula is C13H20N3O6PS. The predicted octanol–water partition coefficient (Wildman–Crippen LogP) is 0.459. The van der Waals surface area contributed by atoms with E-state index in [9.17, 15) is 9.69 Å². The van der Waals surface area contributed by atoms with E-state index in [0.29, 0.717) is 12.0 Å². The molecule has 2 unspecified atom stereocenters. The molecule has 2 bridgehead atoms. The predicted molar refractivity (Wildman–Crippen MR) is 88.9 cm³/mol. The first-order valence-electron chi connectivity index (χ1n) is 7.44. The minimum Gasteiger partial charge on any atom is -0.383 e. The molecule has 2 fully saturated rings. The fourth-order valence-electron chi connectivity index (χ4n) is 3.05. The number of aryl methyl sites for hydroxylation is 1. The first-order valence-corrected chi connectivity index (χ1v) is 10.0. The third kappa shape index (κ3) is 2.82. The van der Waals surface area contributed by atoms with E-state index >= 15 is 0 Å². The zero-order chi connectivity index (χ0) is 17.7. The standard InChI is InChI=1S/C13H20N3O6PS/c1-4-13-6-20-8(9(13)22-23(18,24)19-3)11(21-13)16-5-7(2)10(14)15-12(16)17/h5,8-9,11H,4,6H2,1-3H3,(H,18,24)(H2,14,15,17)/t8-,9?,11+,13+,23?/m0/s1. The molecule has 5 atom stereocenters. The largest absolute Gasteiger partial charge is 0.383 e. The Labute approximate surface area is 143 Å². The zero-order valence-corrected chi connectivity index (χ0v) is 15.3. The van der Waals surface area contributed by atoms with Gasteiger partial charge in [0.15, 0.2) is 6.23 Å². The second-order valence-electron chi connectivity index (χ2n) is 5.88. The van der Waals surface area contributed by atoms with Gasteiger partial charge in [0.1, 0.15) is 23.6 Å². The van der Waals surface area contributed by atoms with Crippen molar-refractivity contribution in [3.63, 3.8) is 0 Å². The molecule has 2 aliphatic heterocycles. The molecule has 3 rings (SSSR count). The van der Waals surface area contributed by atoms with Crippen molar-refractivity contribution in [2.45, 2.75) is 44.3 Å². The molecule has 2 saturated heterocycles. The molecule has 134 valence electrons. The maximum atomic E-state index is 12.2. The monoisotopic (exact) mass is 377 g/mol. The summed E-state index contributed by atoms with van der Waals surface area (Å²) in [5.41, 5.74) is 4.96. The molecule has 3 heterocycles. The summed E-state index contributed by atoms with van der Waals surface area (Å²) >= 11 is 4.95. The number of nitrogens with two attached hydrogens (primary N) is 1. The molecule has 0 saturated carbocycles. The Morgan fingerprint density at radius 2 is 2.38 bits per heavy atom. The third-order valence-corrected chi connectivity index (χ3v) is 6.16. The van der Waals surface area contributed by atoms with Crippen molar-refractivity contribution in [3.05, 3.63) is 22.2 Å². The average molecular weight is 377 g/mol. The Kier molecular flexibility index (Phi) is 4.59. The lowest BCUT2D eigenvalue weighted by Crippen LogP contribution is -2.41. The average Bonchev–Trinajstić information content (AvgIpc) is 3.03. The van der Waals surface area contributed by atoms with Gasteiger partial charge in [0.2, 0.25) is 0 Å². The van der Waals surface area contributed by atoms with Gasteiger partial charge in [0.25, 0.3) is 0 Å². The van der Waals surface area contributed by atoms with Gasteiger partial charge in [0.05, 0.1) is 6.61 Å². The second kappa shape index (κ2) is 6.14. The van der Waals surface area contributed by atoms with Crippen molar-refractivity contribution in [3.8, 4) is 0 Å². The van der Waals surface area contributed by atoms with Gasteiger partial charge in [-0.1, -0.05) is 6.92 Å². The molecule has 0 aliphatic carbocycles. The molecule has 0 aromatic carbocycles. The molecule has 2 aliphatic rings. The lowest BCUT2D eigenvalue weighted by atomic mass is 9.96. The quantitative estimate of drug-likeness (QED) is 0.705. The normalized spacial score (nSPS) is 34.4.